The lowest BCUT2D eigenvalue weighted by Crippen LogP contribution is -2.48. The first kappa shape index (κ1) is 21.5. The minimum atomic E-state index is -0.297. The van der Waals surface area contributed by atoms with Crippen molar-refractivity contribution in [3.8, 4) is 11.4 Å². The number of nitrogens with zero attached hydrogens (tertiary/aromatic N) is 4. The summed E-state index contributed by atoms with van der Waals surface area (Å²) in [5.41, 5.74) is 5.83. The van der Waals surface area contributed by atoms with Crippen molar-refractivity contribution < 1.29 is 5.11 Å². The van der Waals surface area contributed by atoms with Crippen molar-refractivity contribution >= 4 is 5.82 Å². The van der Waals surface area contributed by atoms with Crippen LogP contribution in [0.15, 0.2) is 54.6 Å². The van der Waals surface area contributed by atoms with E-state index < -0.39 is 0 Å². The molecule has 162 valence electrons. The molecule has 1 N–H and O–H groups in total. The van der Waals surface area contributed by atoms with Gasteiger partial charge >= 0.3 is 0 Å². The molecular weight excluding hydrogens is 384 g/mol. The Bertz CT molecular complexity index is 994. The van der Waals surface area contributed by atoms with Crippen molar-refractivity contribution in [3.05, 3.63) is 77.0 Å². The molecule has 1 saturated heterocycles. The molecule has 5 heteroatoms. The normalized spacial score (nSPS) is 15.8. The fraction of sp³-hybridized carbons (Fsp3) is 0.385. The third-order valence-corrected chi connectivity index (χ3v) is 5.92. The Hall–Kier alpha value is -2.76. The van der Waals surface area contributed by atoms with Gasteiger partial charge in [0.15, 0.2) is 5.82 Å². The van der Waals surface area contributed by atoms with E-state index in [1.165, 1.54) is 16.7 Å². The second-order valence-corrected chi connectivity index (χ2v) is 8.60. The fourth-order valence-corrected chi connectivity index (χ4v) is 4.19. The molecule has 0 bridgehead atoms. The molecule has 0 radical (unpaired) electrons. The summed E-state index contributed by atoms with van der Waals surface area (Å²) >= 11 is 0. The van der Waals surface area contributed by atoms with Gasteiger partial charge in [-0.05, 0) is 26.3 Å². The first-order valence-corrected chi connectivity index (χ1v) is 11.1. The van der Waals surface area contributed by atoms with Crippen LogP contribution in [0, 0.1) is 13.8 Å². The molecule has 0 spiro atoms. The molecule has 31 heavy (non-hydrogen) atoms. The highest BCUT2D eigenvalue weighted by molar-refractivity contribution is 5.61. The zero-order valence-corrected chi connectivity index (χ0v) is 18.8. The second kappa shape index (κ2) is 9.58. The molecule has 1 aromatic heterocycles. The second-order valence-electron chi connectivity index (χ2n) is 8.60. The van der Waals surface area contributed by atoms with E-state index in [1.54, 1.807) is 0 Å². The Balaban J connectivity index is 1.67. The third-order valence-electron chi connectivity index (χ3n) is 5.92. The molecule has 3 aromatic rings. The number of piperazine rings is 1. The van der Waals surface area contributed by atoms with Crippen molar-refractivity contribution in [2.75, 3.05) is 37.6 Å². The number of aryl methyl sites for hydroxylation is 2. The summed E-state index contributed by atoms with van der Waals surface area (Å²) in [7, 11) is 0. The molecule has 2 aromatic carbocycles. The summed E-state index contributed by atoms with van der Waals surface area (Å²) in [6.45, 7) is 10.5. The molecule has 2 heterocycles. The van der Waals surface area contributed by atoms with Crippen molar-refractivity contribution in [1.82, 2.24) is 14.9 Å². The van der Waals surface area contributed by atoms with Crippen LogP contribution in [-0.4, -0.2) is 58.8 Å². The van der Waals surface area contributed by atoms with Crippen LogP contribution in [0.4, 0.5) is 5.82 Å². The third kappa shape index (κ3) is 5.30. The summed E-state index contributed by atoms with van der Waals surface area (Å²) in [5, 5.41) is 9.74. The van der Waals surface area contributed by atoms with Gasteiger partial charge in [-0.25, -0.2) is 9.97 Å². The molecule has 1 aliphatic rings. The number of hydrogen-bond acceptors (Lipinski definition) is 5. The monoisotopic (exact) mass is 416 g/mol. The van der Waals surface area contributed by atoms with Gasteiger partial charge in [-0.3, -0.25) is 4.90 Å². The maximum Gasteiger partial charge on any atom is 0.161 e. The number of aromatic nitrogens is 2. The maximum atomic E-state index is 9.74. The average Bonchev–Trinajstić information content (AvgIpc) is 2.77. The molecule has 0 unspecified atom stereocenters. The predicted molar refractivity (Wildman–Crippen MR) is 127 cm³/mol. The van der Waals surface area contributed by atoms with Crippen LogP contribution < -0.4 is 4.90 Å². The fourth-order valence-electron chi connectivity index (χ4n) is 4.19. The zero-order chi connectivity index (χ0) is 21.8. The summed E-state index contributed by atoms with van der Waals surface area (Å²) in [6.07, 6.45) is 0.527. The standard InChI is InChI=1S/C26H32N4O/c1-19-9-11-22(12-10-19)17-24-21(3)27-25(23-7-5-4-6-8-23)28-26(24)30-15-13-29(14-16-30)18-20(2)31/h4-12,20,31H,13-18H2,1-3H3/t20-/m0/s1. The smallest absolute Gasteiger partial charge is 0.161 e. The Morgan fingerprint density at radius 3 is 2.23 bits per heavy atom. The molecule has 5 nitrogen and oxygen atoms in total. The molecular formula is C26H32N4O. The Labute approximate surface area is 185 Å². The molecule has 0 saturated carbocycles. The Morgan fingerprint density at radius 2 is 1.58 bits per heavy atom. The van der Waals surface area contributed by atoms with Crippen LogP contribution in [-0.2, 0) is 6.42 Å². The van der Waals surface area contributed by atoms with Gasteiger partial charge in [0, 0.05) is 56.0 Å². The van der Waals surface area contributed by atoms with Crippen molar-refractivity contribution in [2.24, 2.45) is 0 Å². The molecule has 4 rings (SSSR count). The molecule has 1 fully saturated rings. The summed E-state index contributed by atoms with van der Waals surface area (Å²) < 4.78 is 0. The van der Waals surface area contributed by atoms with Crippen molar-refractivity contribution in [2.45, 2.75) is 33.3 Å². The lowest BCUT2D eigenvalue weighted by Gasteiger charge is -2.37. The number of benzene rings is 2. The van der Waals surface area contributed by atoms with E-state index in [0.717, 1.165) is 62.0 Å². The van der Waals surface area contributed by atoms with Gasteiger partial charge in [-0.1, -0.05) is 60.2 Å². The van der Waals surface area contributed by atoms with Crippen LogP contribution in [0.1, 0.15) is 29.3 Å². The largest absolute Gasteiger partial charge is 0.392 e. The number of anilines is 1. The van der Waals surface area contributed by atoms with Crippen molar-refractivity contribution in [3.63, 3.8) is 0 Å². The summed E-state index contributed by atoms with van der Waals surface area (Å²) in [5.74, 6) is 1.83. The SMILES string of the molecule is Cc1ccc(Cc2c(C)nc(-c3ccccc3)nc2N2CCN(C[C@H](C)O)CC2)cc1. The van der Waals surface area contributed by atoms with E-state index >= 15 is 0 Å². The van der Waals surface area contributed by atoms with Crippen LogP contribution in [0.25, 0.3) is 11.4 Å². The molecule has 0 aliphatic carbocycles. The van der Waals surface area contributed by atoms with Crippen LogP contribution in [0.3, 0.4) is 0 Å². The van der Waals surface area contributed by atoms with Gasteiger partial charge < -0.3 is 10.0 Å². The highest BCUT2D eigenvalue weighted by Gasteiger charge is 2.23. The van der Waals surface area contributed by atoms with E-state index in [1.807, 2.05) is 25.1 Å². The van der Waals surface area contributed by atoms with Gasteiger partial charge in [0.05, 0.1) is 6.10 Å². The van der Waals surface area contributed by atoms with Gasteiger partial charge in [-0.2, -0.15) is 0 Å². The lowest BCUT2D eigenvalue weighted by atomic mass is 10.0. The number of aliphatic hydroxyl groups excluding tert-OH is 1. The van der Waals surface area contributed by atoms with Gasteiger partial charge in [0.1, 0.15) is 5.82 Å². The average molecular weight is 417 g/mol. The highest BCUT2D eigenvalue weighted by atomic mass is 16.3. The first-order chi connectivity index (χ1) is 15.0. The molecule has 1 aliphatic heterocycles. The Kier molecular flexibility index (Phi) is 6.64. The predicted octanol–water partition coefficient (Wildman–Crippen LogP) is 3.85. The zero-order valence-electron chi connectivity index (χ0n) is 18.8. The number of hydrogen-bond donors (Lipinski definition) is 1. The van der Waals surface area contributed by atoms with E-state index in [4.69, 9.17) is 9.97 Å². The Morgan fingerprint density at radius 1 is 0.903 bits per heavy atom. The van der Waals surface area contributed by atoms with Crippen LogP contribution >= 0.6 is 0 Å². The van der Waals surface area contributed by atoms with Crippen molar-refractivity contribution in [1.29, 1.82) is 0 Å². The lowest BCUT2D eigenvalue weighted by molar-refractivity contribution is 0.122. The molecule has 0 amide bonds. The number of β-amino-alcohol motifs (C(OH)–C–C–N with tert-alkyl or cyclic N) is 1. The van der Waals surface area contributed by atoms with E-state index in [2.05, 4.69) is 60.0 Å². The van der Waals surface area contributed by atoms with E-state index in [-0.39, 0.29) is 6.10 Å². The number of rotatable bonds is 6. The van der Waals surface area contributed by atoms with Crippen LogP contribution in [0.5, 0.6) is 0 Å². The molecule has 1 atom stereocenters. The topological polar surface area (TPSA) is 52.5 Å². The number of aliphatic hydroxyl groups is 1. The van der Waals surface area contributed by atoms with Gasteiger partial charge in [-0.15, -0.1) is 0 Å². The van der Waals surface area contributed by atoms with Crippen LogP contribution in [0.2, 0.25) is 0 Å². The van der Waals surface area contributed by atoms with E-state index in [9.17, 15) is 5.11 Å². The summed E-state index contributed by atoms with van der Waals surface area (Å²) in [4.78, 5) is 14.7. The van der Waals surface area contributed by atoms with E-state index in [0.29, 0.717) is 0 Å². The maximum absolute atomic E-state index is 9.74. The first-order valence-electron chi connectivity index (χ1n) is 11.1. The van der Waals surface area contributed by atoms with Gasteiger partial charge in [0.2, 0.25) is 0 Å². The minimum absolute atomic E-state index is 0.297. The minimum Gasteiger partial charge on any atom is -0.392 e. The highest BCUT2D eigenvalue weighted by Crippen LogP contribution is 2.28. The van der Waals surface area contributed by atoms with Gasteiger partial charge in [0.25, 0.3) is 0 Å². The summed E-state index contributed by atoms with van der Waals surface area (Å²) in [6, 6.07) is 18.9. The quantitative estimate of drug-likeness (QED) is 0.661.